The summed E-state index contributed by atoms with van der Waals surface area (Å²) >= 11 is 0. The van der Waals surface area contributed by atoms with Gasteiger partial charge in [-0.15, -0.1) is 0 Å². The fraction of sp³-hybridized carbons (Fsp3) is 0.810. The van der Waals surface area contributed by atoms with E-state index in [0.717, 1.165) is 0 Å². The molecule has 0 aliphatic carbocycles. The highest BCUT2D eigenvalue weighted by atomic mass is 16.4. The lowest BCUT2D eigenvalue weighted by Gasteiger charge is -2.38. The van der Waals surface area contributed by atoms with Crippen molar-refractivity contribution in [3.05, 3.63) is 0 Å². The van der Waals surface area contributed by atoms with Gasteiger partial charge in [-0.2, -0.15) is 0 Å². The van der Waals surface area contributed by atoms with Gasteiger partial charge in [-0.1, -0.05) is 13.8 Å². The van der Waals surface area contributed by atoms with E-state index in [1.54, 1.807) is 14.7 Å². The predicted octanol–water partition coefficient (Wildman–Crippen LogP) is -0.649. The molecule has 12 nitrogen and oxygen atoms in total. The molecule has 0 spiro atoms. The summed E-state index contributed by atoms with van der Waals surface area (Å²) in [6, 6.07) is -0.202. The third kappa shape index (κ3) is 12.5. The molecule has 0 aromatic carbocycles. The first-order chi connectivity index (χ1) is 15.5. The first kappa shape index (κ1) is 28.8. The standard InChI is InChI=1S/C21H38N4O8/c1-16(2)17-11-24(14-20(30)31)7-3-5-22(12-18(26)27)9-10-23(13-19(28)29)6-4-8-25(17)15-21(32)33/h16-17H,3-15H2,1-2H3,(H,26,27)(H,28,29)(H,30,31)(H,32,33). The molecule has 33 heavy (non-hydrogen) atoms. The molecule has 0 amide bonds. The van der Waals surface area contributed by atoms with E-state index >= 15 is 0 Å². The zero-order chi connectivity index (χ0) is 25.0. The van der Waals surface area contributed by atoms with E-state index in [9.17, 15) is 39.6 Å². The largest absolute Gasteiger partial charge is 0.480 e. The monoisotopic (exact) mass is 474 g/mol. The van der Waals surface area contributed by atoms with Crippen molar-refractivity contribution in [1.82, 2.24) is 19.6 Å². The van der Waals surface area contributed by atoms with Crippen LogP contribution in [0.3, 0.4) is 0 Å². The summed E-state index contributed by atoms with van der Waals surface area (Å²) in [4.78, 5) is 52.6. The summed E-state index contributed by atoms with van der Waals surface area (Å²) in [5, 5.41) is 37.3. The summed E-state index contributed by atoms with van der Waals surface area (Å²) < 4.78 is 0. The van der Waals surface area contributed by atoms with Crippen LogP contribution in [0.5, 0.6) is 0 Å². The van der Waals surface area contributed by atoms with Gasteiger partial charge in [0.1, 0.15) is 0 Å². The van der Waals surface area contributed by atoms with Crippen molar-refractivity contribution in [1.29, 1.82) is 0 Å². The second-order valence-corrected chi connectivity index (χ2v) is 8.85. The van der Waals surface area contributed by atoms with Crippen LogP contribution in [0.25, 0.3) is 0 Å². The number of carboxylic acids is 4. The Morgan fingerprint density at radius 2 is 1.03 bits per heavy atom. The van der Waals surface area contributed by atoms with E-state index in [-0.39, 0.29) is 38.1 Å². The topological polar surface area (TPSA) is 162 Å². The molecular formula is C21H38N4O8. The highest BCUT2D eigenvalue weighted by molar-refractivity contribution is 5.70. The highest BCUT2D eigenvalue weighted by Crippen LogP contribution is 2.15. The Morgan fingerprint density at radius 1 is 0.636 bits per heavy atom. The average molecular weight is 475 g/mol. The normalized spacial score (nSPS) is 21.5. The number of hydrogen-bond acceptors (Lipinski definition) is 8. The van der Waals surface area contributed by atoms with Crippen molar-refractivity contribution in [2.45, 2.75) is 32.7 Å². The number of carbonyl (C=O) groups is 4. The number of hydrogen-bond donors (Lipinski definition) is 4. The number of rotatable bonds is 9. The van der Waals surface area contributed by atoms with Crippen molar-refractivity contribution in [3.63, 3.8) is 0 Å². The van der Waals surface area contributed by atoms with Gasteiger partial charge in [-0.3, -0.25) is 38.8 Å². The molecule has 1 saturated heterocycles. The molecule has 4 N–H and O–H groups in total. The zero-order valence-corrected chi connectivity index (χ0v) is 19.6. The Bertz CT molecular complexity index is 660. The second-order valence-electron chi connectivity index (χ2n) is 8.85. The Hall–Kier alpha value is -2.28. The Labute approximate surface area is 194 Å². The van der Waals surface area contributed by atoms with Gasteiger partial charge in [-0.25, -0.2) is 0 Å². The molecule has 190 valence electrons. The van der Waals surface area contributed by atoms with Crippen molar-refractivity contribution in [3.8, 4) is 0 Å². The van der Waals surface area contributed by atoms with Gasteiger partial charge in [0, 0.05) is 51.9 Å². The van der Waals surface area contributed by atoms with Crippen LogP contribution in [0.1, 0.15) is 26.7 Å². The lowest BCUT2D eigenvalue weighted by Crippen LogP contribution is -2.51. The van der Waals surface area contributed by atoms with E-state index in [2.05, 4.69) is 0 Å². The van der Waals surface area contributed by atoms with Crippen LogP contribution in [0, 0.1) is 5.92 Å². The number of carboxylic acid groups (broad SMARTS) is 4. The molecule has 12 heteroatoms. The SMILES string of the molecule is CC(C)C1CN(CC(=O)O)CCCN(CC(=O)O)CCN(CC(=O)O)CCCN1CC(=O)O. The average Bonchev–Trinajstić information content (AvgIpc) is 2.66. The summed E-state index contributed by atoms with van der Waals surface area (Å²) in [6.07, 6.45) is 1.06. The van der Waals surface area contributed by atoms with Gasteiger partial charge < -0.3 is 20.4 Å². The molecule has 1 aliphatic rings. The molecule has 0 aromatic rings. The second kappa shape index (κ2) is 14.8. The van der Waals surface area contributed by atoms with Crippen molar-refractivity contribution in [2.24, 2.45) is 5.92 Å². The maximum atomic E-state index is 11.5. The smallest absolute Gasteiger partial charge is 0.317 e. The Morgan fingerprint density at radius 3 is 1.45 bits per heavy atom. The molecule has 0 bridgehead atoms. The van der Waals surface area contributed by atoms with Crippen molar-refractivity contribution < 1.29 is 39.6 Å². The maximum absolute atomic E-state index is 11.5. The molecule has 1 fully saturated rings. The Balaban J connectivity index is 3.13. The molecular weight excluding hydrogens is 436 g/mol. The zero-order valence-electron chi connectivity index (χ0n) is 19.6. The van der Waals surface area contributed by atoms with Gasteiger partial charge in [0.15, 0.2) is 0 Å². The van der Waals surface area contributed by atoms with Crippen molar-refractivity contribution >= 4 is 23.9 Å². The van der Waals surface area contributed by atoms with Gasteiger partial charge in [0.2, 0.25) is 0 Å². The van der Waals surface area contributed by atoms with Crippen LogP contribution < -0.4 is 0 Å². The van der Waals surface area contributed by atoms with E-state index in [1.807, 2.05) is 18.7 Å². The summed E-state index contributed by atoms with van der Waals surface area (Å²) in [5.41, 5.74) is 0. The van der Waals surface area contributed by atoms with Gasteiger partial charge in [0.05, 0.1) is 26.2 Å². The lowest BCUT2D eigenvalue weighted by molar-refractivity contribution is -0.141. The first-order valence-electron chi connectivity index (χ1n) is 11.3. The van der Waals surface area contributed by atoms with Crippen LogP contribution in [-0.2, 0) is 19.2 Å². The summed E-state index contributed by atoms with van der Waals surface area (Å²) in [7, 11) is 0. The molecule has 0 aromatic heterocycles. The maximum Gasteiger partial charge on any atom is 0.317 e. The first-order valence-corrected chi connectivity index (χ1v) is 11.3. The molecule has 1 heterocycles. The van der Waals surface area contributed by atoms with Crippen LogP contribution in [-0.4, -0.2) is 142 Å². The van der Waals surface area contributed by atoms with Crippen LogP contribution in [0.4, 0.5) is 0 Å². The molecule has 0 saturated carbocycles. The summed E-state index contributed by atoms with van der Waals surface area (Å²) in [6.45, 7) is 5.99. The van der Waals surface area contributed by atoms with Crippen molar-refractivity contribution in [2.75, 3.05) is 72.0 Å². The molecule has 1 unspecified atom stereocenters. The predicted molar refractivity (Wildman–Crippen MR) is 119 cm³/mol. The number of aliphatic carboxylic acids is 4. The minimum atomic E-state index is -0.979. The van der Waals surface area contributed by atoms with E-state index in [4.69, 9.17) is 0 Å². The van der Waals surface area contributed by atoms with E-state index in [1.165, 1.54) is 0 Å². The number of nitrogens with zero attached hydrogens (tertiary/aromatic N) is 4. The summed E-state index contributed by atoms with van der Waals surface area (Å²) in [5.74, 6) is -3.85. The molecule has 1 aliphatic heterocycles. The fourth-order valence-electron chi connectivity index (χ4n) is 4.20. The molecule has 0 radical (unpaired) electrons. The lowest BCUT2D eigenvalue weighted by atomic mass is 10.0. The van der Waals surface area contributed by atoms with Crippen LogP contribution in [0.2, 0.25) is 0 Å². The third-order valence-corrected chi connectivity index (χ3v) is 5.70. The molecule has 1 atom stereocenters. The third-order valence-electron chi connectivity index (χ3n) is 5.70. The highest BCUT2D eigenvalue weighted by Gasteiger charge is 2.27. The quantitative estimate of drug-likeness (QED) is 0.335. The van der Waals surface area contributed by atoms with Gasteiger partial charge in [0.25, 0.3) is 0 Å². The minimum absolute atomic E-state index is 0.0622. The minimum Gasteiger partial charge on any atom is -0.480 e. The van der Waals surface area contributed by atoms with Crippen LogP contribution in [0.15, 0.2) is 0 Å². The fourth-order valence-corrected chi connectivity index (χ4v) is 4.20. The molecule has 1 rings (SSSR count). The van der Waals surface area contributed by atoms with E-state index < -0.39 is 23.9 Å². The Kier molecular flexibility index (Phi) is 12.9. The van der Waals surface area contributed by atoms with E-state index in [0.29, 0.717) is 58.7 Å². The van der Waals surface area contributed by atoms with Crippen LogP contribution >= 0.6 is 0 Å². The van der Waals surface area contributed by atoms with Gasteiger partial charge in [-0.05, 0) is 18.8 Å². The van der Waals surface area contributed by atoms with Gasteiger partial charge >= 0.3 is 23.9 Å².